The van der Waals surface area contributed by atoms with Gasteiger partial charge in [-0.3, -0.25) is 4.79 Å². The van der Waals surface area contributed by atoms with Crippen LogP contribution in [-0.4, -0.2) is 31.7 Å². The fourth-order valence-electron chi connectivity index (χ4n) is 4.14. The Kier molecular flexibility index (Phi) is 6.98. The van der Waals surface area contributed by atoms with Crippen molar-refractivity contribution in [2.24, 2.45) is 5.92 Å². The van der Waals surface area contributed by atoms with E-state index in [1.54, 1.807) is 0 Å². The molecule has 162 valence electrons. The summed E-state index contributed by atoms with van der Waals surface area (Å²) < 4.78 is 27.1. The lowest BCUT2D eigenvalue weighted by Crippen LogP contribution is -2.43. The van der Waals surface area contributed by atoms with E-state index in [1.807, 2.05) is 45.0 Å². The van der Waals surface area contributed by atoms with Gasteiger partial charge in [-0.15, -0.1) is 0 Å². The van der Waals surface area contributed by atoms with E-state index in [0.29, 0.717) is 25.9 Å². The topological polar surface area (TPSA) is 66.5 Å². The maximum absolute atomic E-state index is 12.8. The predicted molar refractivity (Wildman–Crippen MR) is 121 cm³/mol. The SMILES string of the molecule is Cc1cccc(CS(=O)(=O)N2CCC(C(=O)N[C@H](C)c3cc(C)ccc3C)CC2)c1. The average molecular weight is 429 g/mol. The predicted octanol–water partition coefficient (Wildman–Crippen LogP) is 4.03. The summed E-state index contributed by atoms with van der Waals surface area (Å²) in [6.45, 7) is 8.84. The number of amides is 1. The van der Waals surface area contributed by atoms with Gasteiger partial charge in [-0.25, -0.2) is 12.7 Å². The van der Waals surface area contributed by atoms with Crippen molar-refractivity contribution in [2.45, 2.75) is 52.3 Å². The van der Waals surface area contributed by atoms with Gasteiger partial charge in [0.25, 0.3) is 0 Å². The molecule has 1 N–H and O–H groups in total. The van der Waals surface area contributed by atoms with Crippen LogP contribution in [0.15, 0.2) is 42.5 Å². The van der Waals surface area contributed by atoms with Crippen LogP contribution in [0, 0.1) is 26.7 Å². The third-order valence-electron chi connectivity index (χ3n) is 5.91. The van der Waals surface area contributed by atoms with Gasteiger partial charge in [0.2, 0.25) is 15.9 Å². The molecule has 2 aromatic carbocycles. The minimum Gasteiger partial charge on any atom is -0.349 e. The molecule has 1 amide bonds. The second-order valence-electron chi connectivity index (χ2n) is 8.51. The number of carbonyl (C=O) groups is 1. The molecule has 1 heterocycles. The van der Waals surface area contributed by atoms with Crippen molar-refractivity contribution in [3.63, 3.8) is 0 Å². The molecular formula is C24H32N2O3S. The van der Waals surface area contributed by atoms with Gasteiger partial charge in [-0.1, -0.05) is 53.6 Å². The second-order valence-corrected chi connectivity index (χ2v) is 10.5. The van der Waals surface area contributed by atoms with Crippen LogP contribution in [0.2, 0.25) is 0 Å². The highest BCUT2D eigenvalue weighted by Crippen LogP contribution is 2.24. The molecule has 1 fully saturated rings. The van der Waals surface area contributed by atoms with E-state index >= 15 is 0 Å². The molecule has 0 unspecified atom stereocenters. The van der Waals surface area contributed by atoms with E-state index in [-0.39, 0.29) is 23.6 Å². The molecule has 0 saturated carbocycles. The monoisotopic (exact) mass is 428 g/mol. The largest absolute Gasteiger partial charge is 0.349 e. The van der Waals surface area contributed by atoms with Crippen molar-refractivity contribution in [1.82, 2.24) is 9.62 Å². The lowest BCUT2D eigenvalue weighted by atomic mass is 9.95. The lowest BCUT2D eigenvalue weighted by molar-refractivity contribution is -0.126. The van der Waals surface area contributed by atoms with Crippen molar-refractivity contribution in [1.29, 1.82) is 0 Å². The molecule has 5 nitrogen and oxygen atoms in total. The molecule has 0 aliphatic carbocycles. The zero-order chi connectivity index (χ0) is 21.9. The Bertz CT molecular complexity index is 1010. The number of carbonyl (C=O) groups excluding carboxylic acids is 1. The second kappa shape index (κ2) is 9.31. The van der Waals surface area contributed by atoms with Crippen LogP contribution in [0.3, 0.4) is 0 Å². The number of piperidine rings is 1. The maximum Gasteiger partial charge on any atom is 0.223 e. The van der Waals surface area contributed by atoms with E-state index in [1.165, 1.54) is 9.87 Å². The van der Waals surface area contributed by atoms with E-state index in [2.05, 4.69) is 30.4 Å². The average Bonchev–Trinajstić information content (AvgIpc) is 2.69. The molecule has 30 heavy (non-hydrogen) atoms. The summed E-state index contributed by atoms with van der Waals surface area (Å²) >= 11 is 0. The Morgan fingerprint density at radius 1 is 1.07 bits per heavy atom. The van der Waals surface area contributed by atoms with E-state index in [4.69, 9.17) is 0 Å². The summed E-state index contributed by atoms with van der Waals surface area (Å²) in [6, 6.07) is 13.8. The summed E-state index contributed by atoms with van der Waals surface area (Å²) in [5.74, 6) is -0.128. The summed E-state index contributed by atoms with van der Waals surface area (Å²) in [5.41, 5.74) is 5.31. The van der Waals surface area contributed by atoms with E-state index in [9.17, 15) is 13.2 Å². The van der Waals surface area contributed by atoms with Gasteiger partial charge in [-0.05, 0) is 57.2 Å². The van der Waals surface area contributed by atoms with Crippen LogP contribution in [0.25, 0.3) is 0 Å². The molecule has 1 aliphatic rings. The van der Waals surface area contributed by atoms with Crippen molar-refractivity contribution >= 4 is 15.9 Å². The lowest BCUT2D eigenvalue weighted by Gasteiger charge is -2.31. The standard InChI is InChI=1S/C24H32N2O3S/c1-17-6-5-7-21(14-17)16-30(28,29)26-12-10-22(11-13-26)24(27)25-20(4)23-15-18(2)8-9-19(23)3/h5-9,14-15,20,22H,10-13,16H2,1-4H3,(H,25,27)/t20-/m1/s1. The number of aryl methyl sites for hydroxylation is 3. The van der Waals surface area contributed by atoms with Gasteiger partial charge in [0.1, 0.15) is 0 Å². The van der Waals surface area contributed by atoms with Crippen LogP contribution in [-0.2, 0) is 20.6 Å². The first-order chi connectivity index (χ1) is 14.2. The van der Waals surface area contributed by atoms with Gasteiger partial charge in [0, 0.05) is 19.0 Å². The van der Waals surface area contributed by atoms with Gasteiger partial charge in [0.05, 0.1) is 11.8 Å². The summed E-state index contributed by atoms with van der Waals surface area (Å²) in [7, 11) is -3.38. The third-order valence-corrected chi connectivity index (χ3v) is 7.76. The molecule has 0 radical (unpaired) electrons. The van der Waals surface area contributed by atoms with Crippen LogP contribution >= 0.6 is 0 Å². The van der Waals surface area contributed by atoms with Gasteiger partial charge < -0.3 is 5.32 Å². The Labute approximate surface area is 180 Å². The third kappa shape index (κ3) is 5.49. The molecule has 0 bridgehead atoms. The molecule has 1 atom stereocenters. The quantitative estimate of drug-likeness (QED) is 0.755. The first-order valence-corrected chi connectivity index (χ1v) is 12.2. The molecular weight excluding hydrogens is 396 g/mol. The fourth-order valence-corrected chi connectivity index (χ4v) is 5.69. The van der Waals surface area contributed by atoms with Gasteiger partial charge in [-0.2, -0.15) is 0 Å². The van der Waals surface area contributed by atoms with Crippen molar-refractivity contribution in [3.8, 4) is 0 Å². The zero-order valence-corrected chi connectivity index (χ0v) is 19.1. The number of hydrogen-bond donors (Lipinski definition) is 1. The van der Waals surface area contributed by atoms with Crippen LogP contribution < -0.4 is 5.32 Å². The minimum absolute atomic E-state index is 0.00914. The zero-order valence-electron chi connectivity index (χ0n) is 18.3. The van der Waals surface area contributed by atoms with Crippen molar-refractivity contribution < 1.29 is 13.2 Å². The highest BCUT2D eigenvalue weighted by atomic mass is 32.2. The molecule has 6 heteroatoms. The fraction of sp³-hybridized carbons (Fsp3) is 0.458. The highest BCUT2D eigenvalue weighted by molar-refractivity contribution is 7.88. The molecule has 0 aromatic heterocycles. The molecule has 1 aliphatic heterocycles. The number of sulfonamides is 1. The van der Waals surface area contributed by atoms with E-state index in [0.717, 1.165) is 22.3 Å². The minimum atomic E-state index is -3.38. The molecule has 0 spiro atoms. The highest BCUT2D eigenvalue weighted by Gasteiger charge is 2.31. The Balaban J connectivity index is 1.56. The molecule has 3 rings (SSSR count). The Morgan fingerprint density at radius 2 is 1.73 bits per heavy atom. The summed E-state index contributed by atoms with van der Waals surface area (Å²) in [6.07, 6.45) is 1.11. The molecule has 2 aromatic rings. The van der Waals surface area contributed by atoms with Crippen molar-refractivity contribution in [3.05, 3.63) is 70.3 Å². The number of benzene rings is 2. The molecule has 1 saturated heterocycles. The first-order valence-electron chi connectivity index (χ1n) is 10.6. The number of nitrogens with one attached hydrogen (secondary N) is 1. The van der Waals surface area contributed by atoms with Crippen LogP contribution in [0.5, 0.6) is 0 Å². The maximum atomic E-state index is 12.8. The van der Waals surface area contributed by atoms with Crippen molar-refractivity contribution in [2.75, 3.05) is 13.1 Å². The van der Waals surface area contributed by atoms with Gasteiger partial charge >= 0.3 is 0 Å². The van der Waals surface area contributed by atoms with E-state index < -0.39 is 10.0 Å². The first kappa shape index (κ1) is 22.5. The summed E-state index contributed by atoms with van der Waals surface area (Å²) in [4.78, 5) is 12.8. The summed E-state index contributed by atoms with van der Waals surface area (Å²) in [5, 5.41) is 3.13. The number of hydrogen-bond acceptors (Lipinski definition) is 3. The number of nitrogens with zero attached hydrogens (tertiary/aromatic N) is 1. The van der Waals surface area contributed by atoms with Gasteiger partial charge in [0.15, 0.2) is 0 Å². The van der Waals surface area contributed by atoms with Crippen LogP contribution in [0.4, 0.5) is 0 Å². The normalized spacial score (nSPS) is 16.9. The Hall–Kier alpha value is -2.18. The smallest absolute Gasteiger partial charge is 0.223 e. The Morgan fingerprint density at radius 3 is 2.40 bits per heavy atom. The number of rotatable bonds is 6. The van der Waals surface area contributed by atoms with Crippen LogP contribution in [0.1, 0.15) is 53.6 Å².